The van der Waals surface area contributed by atoms with E-state index in [1.807, 2.05) is 20.9 Å². The summed E-state index contributed by atoms with van der Waals surface area (Å²) in [5, 5.41) is 3.25. The summed E-state index contributed by atoms with van der Waals surface area (Å²) < 4.78 is 0. The maximum absolute atomic E-state index is 11.7. The summed E-state index contributed by atoms with van der Waals surface area (Å²) >= 11 is 0. The van der Waals surface area contributed by atoms with E-state index in [9.17, 15) is 4.79 Å². The fourth-order valence-corrected chi connectivity index (χ4v) is 2.42. The van der Waals surface area contributed by atoms with E-state index in [1.54, 1.807) is 4.90 Å². The molecule has 0 aromatic carbocycles. The fraction of sp³-hybridized carbons (Fsp3) is 0.929. The third-order valence-electron chi connectivity index (χ3n) is 3.88. The Morgan fingerprint density at radius 2 is 2.00 bits per heavy atom. The van der Waals surface area contributed by atoms with Crippen molar-refractivity contribution in [1.82, 2.24) is 10.2 Å². The number of hydrogen-bond acceptors (Lipinski definition) is 2. The lowest BCUT2D eigenvalue weighted by molar-refractivity contribution is -0.130. The minimum atomic E-state index is 0.195. The van der Waals surface area contributed by atoms with Crippen molar-refractivity contribution < 1.29 is 4.79 Å². The molecule has 1 aliphatic rings. The van der Waals surface area contributed by atoms with Crippen LogP contribution in [0.1, 0.15) is 52.4 Å². The van der Waals surface area contributed by atoms with E-state index in [4.69, 9.17) is 0 Å². The first-order valence-electron chi connectivity index (χ1n) is 7.07. The highest BCUT2D eigenvalue weighted by Gasteiger charge is 2.14. The Morgan fingerprint density at radius 1 is 1.35 bits per heavy atom. The molecule has 0 spiro atoms. The van der Waals surface area contributed by atoms with E-state index in [1.165, 1.54) is 38.5 Å². The second kappa shape index (κ2) is 7.70. The zero-order valence-corrected chi connectivity index (χ0v) is 11.7. The zero-order valence-electron chi connectivity index (χ0n) is 11.7. The van der Waals surface area contributed by atoms with Crippen molar-refractivity contribution in [2.75, 3.05) is 20.1 Å². The number of nitrogens with one attached hydrogen (secondary N) is 1. The average molecular weight is 240 g/mol. The van der Waals surface area contributed by atoms with Gasteiger partial charge in [0.15, 0.2) is 0 Å². The number of rotatable bonds is 7. The second-order valence-electron chi connectivity index (χ2n) is 5.57. The molecule has 100 valence electrons. The molecule has 0 heterocycles. The van der Waals surface area contributed by atoms with E-state index < -0.39 is 0 Å². The van der Waals surface area contributed by atoms with Gasteiger partial charge in [-0.3, -0.25) is 4.79 Å². The number of hydrogen-bond donors (Lipinski definition) is 1. The van der Waals surface area contributed by atoms with Gasteiger partial charge in [-0.25, -0.2) is 0 Å². The van der Waals surface area contributed by atoms with Gasteiger partial charge in [-0.15, -0.1) is 0 Å². The SMILES string of the molecule is CC(C)N(C)C(=O)CNCCCC1CCCC1. The lowest BCUT2D eigenvalue weighted by Gasteiger charge is -2.21. The van der Waals surface area contributed by atoms with Crippen molar-refractivity contribution in [3.8, 4) is 0 Å². The molecule has 1 amide bonds. The molecular formula is C14H28N2O. The van der Waals surface area contributed by atoms with Crippen LogP contribution in [0.25, 0.3) is 0 Å². The first-order chi connectivity index (χ1) is 8.11. The monoisotopic (exact) mass is 240 g/mol. The Kier molecular flexibility index (Phi) is 6.56. The largest absolute Gasteiger partial charge is 0.342 e. The predicted octanol–water partition coefficient (Wildman–Crippen LogP) is 2.41. The van der Waals surface area contributed by atoms with Crippen LogP contribution in [0.4, 0.5) is 0 Å². The summed E-state index contributed by atoms with van der Waals surface area (Å²) in [6.45, 7) is 5.55. The summed E-state index contributed by atoms with van der Waals surface area (Å²) in [5.74, 6) is 1.16. The first kappa shape index (κ1) is 14.5. The highest BCUT2D eigenvalue weighted by Crippen LogP contribution is 2.28. The number of carbonyl (C=O) groups is 1. The molecule has 0 saturated heterocycles. The maximum atomic E-state index is 11.7. The van der Waals surface area contributed by atoms with Gasteiger partial charge in [-0.2, -0.15) is 0 Å². The Bertz CT molecular complexity index is 222. The highest BCUT2D eigenvalue weighted by molar-refractivity contribution is 5.78. The predicted molar refractivity (Wildman–Crippen MR) is 72.0 cm³/mol. The molecular weight excluding hydrogens is 212 g/mol. The smallest absolute Gasteiger partial charge is 0.236 e. The molecule has 0 aromatic rings. The van der Waals surface area contributed by atoms with Crippen molar-refractivity contribution in [1.29, 1.82) is 0 Å². The molecule has 0 bridgehead atoms. The van der Waals surface area contributed by atoms with Crippen LogP contribution in [0.3, 0.4) is 0 Å². The van der Waals surface area contributed by atoms with E-state index in [0.717, 1.165) is 12.5 Å². The number of carbonyl (C=O) groups excluding carboxylic acids is 1. The Labute approximate surface area is 106 Å². The van der Waals surface area contributed by atoms with E-state index >= 15 is 0 Å². The van der Waals surface area contributed by atoms with Gasteiger partial charge >= 0.3 is 0 Å². The molecule has 0 aromatic heterocycles. The molecule has 0 atom stereocenters. The van der Waals surface area contributed by atoms with Gasteiger partial charge in [0, 0.05) is 13.1 Å². The van der Waals surface area contributed by atoms with Gasteiger partial charge in [0.05, 0.1) is 6.54 Å². The summed E-state index contributed by atoms with van der Waals surface area (Å²) in [7, 11) is 1.87. The van der Waals surface area contributed by atoms with Gasteiger partial charge in [0.2, 0.25) is 5.91 Å². The van der Waals surface area contributed by atoms with Gasteiger partial charge in [-0.05, 0) is 39.2 Å². The summed E-state index contributed by atoms with van der Waals surface area (Å²) in [6, 6.07) is 0.294. The standard InChI is InChI=1S/C14H28N2O/c1-12(2)16(3)14(17)11-15-10-6-9-13-7-4-5-8-13/h12-13,15H,4-11H2,1-3H3. The van der Waals surface area contributed by atoms with Crippen LogP contribution in [0.5, 0.6) is 0 Å². The molecule has 1 fully saturated rings. The molecule has 17 heavy (non-hydrogen) atoms. The average Bonchev–Trinajstić information content (AvgIpc) is 2.80. The van der Waals surface area contributed by atoms with Gasteiger partial charge in [0.1, 0.15) is 0 Å². The summed E-state index contributed by atoms with van der Waals surface area (Å²) in [4.78, 5) is 13.5. The van der Waals surface area contributed by atoms with Crippen LogP contribution in [0, 0.1) is 5.92 Å². The van der Waals surface area contributed by atoms with Crippen LogP contribution in [0.2, 0.25) is 0 Å². The Balaban J connectivity index is 1.98. The van der Waals surface area contributed by atoms with Crippen molar-refractivity contribution >= 4 is 5.91 Å². The van der Waals surface area contributed by atoms with Crippen molar-refractivity contribution in [2.24, 2.45) is 5.92 Å². The lowest BCUT2D eigenvalue weighted by atomic mass is 10.0. The van der Waals surface area contributed by atoms with Crippen LogP contribution >= 0.6 is 0 Å². The Hall–Kier alpha value is -0.570. The van der Waals surface area contributed by atoms with Crippen molar-refractivity contribution in [3.63, 3.8) is 0 Å². The fourth-order valence-electron chi connectivity index (χ4n) is 2.42. The topological polar surface area (TPSA) is 32.3 Å². The van der Waals surface area contributed by atoms with E-state index in [0.29, 0.717) is 12.6 Å². The quantitative estimate of drug-likeness (QED) is 0.693. The second-order valence-corrected chi connectivity index (χ2v) is 5.57. The maximum Gasteiger partial charge on any atom is 0.236 e. The van der Waals surface area contributed by atoms with Crippen LogP contribution < -0.4 is 5.32 Å². The normalized spacial score (nSPS) is 16.7. The summed E-state index contributed by atoms with van der Waals surface area (Å²) in [5.41, 5.74) is 0. The molecule has 0 aliphatic heterocycles. The van der Waals surface area contributed by atoms with Gasteiger partial charge in [0.25, 0.3) is 0 Å². The number of nitrogens with zero attached hydrogens (tertiary/aromatic N) is 1. The van der Waals surface area contributed by atoms with E-state index in [-0.39, 0.29) is 5.91 Å². The van der Waals surface area contributed by atoms with E-state index in [2.05, 4.69) is 5.32 Å². The van der Waals surface area contributed by atoms with Gasteiger partial charge < -0.3 is 10.2 Å². The zero-order chi connectivity index (χ0) is 12.7. The molecule has 3 heteroatoms. The third-order valence-corrected chi connectivity index (χ3v) is 3.88. The van der Waals surface area contributed by atoms with Crippen LogP contribution in [-0.4, -0.2) is 37.0 Å². The molecule has 1 rings (SSSR count). The first-order valence-corrected chi connectivity index (χ1v) is 7.07. The lowest BCUT2D eigenvalue weighted by Crippen LogP contribution is -2.39. The van der Waals surface area contributed by atoms with Crippen molar-refractivity contribution in [2.45, 2.75) is 58.4 Å². The third kappa shape index (κ3) is 5.53. The molecule has 0 unspecified atom stereocenters. The molecule has 1 saturated carbocycles. The summed E-state index contributed by atoms with van der Waals surface area (Å²) in [6.07, 6.45) is 8.25. The van der Waals surface area contributed by atoms with Gasteiger partial charge in [-0.1, -0.05) is 25.7 Å². The molecule has 0 radical (unpaired) electrons. The molecule has 1 N–H and O–H groups in total. The Morgan fingerprint density at radius 3 is 2.59 bits per heavy atom. The number of amides is 1. The molecule has 1 aliphatic carbocycles. The van der Waals surface area contributed by atoms with Crippen LogP contribution in [0.15, 0.2) is 0 Å². The number of likely N-dealkylation sites (N-methyl/N-ethyl adjacent to an activating group) is 1. The minimum absolute atomic E-state index is 0.195. The van der Waals surface area contributed by atoms with Crippen molar-refractivity contribution in [3.05, 3.63) is 0 Å². The minimum Gasteiger partial charge on any atom is -0.342 e. The van der Waals surface area contributed by atoms with Crippen LogP contribution in [-0.2, 0) is 4.79 Å². The highest BCUT2D eigenvalue weighted by atomic mass is 16.2. The molecule has 3 nitrogen and oxygen atoms in total.